The van der Waals surface area contributed by atoms with Gasteiger partial charge in [-0.1, -0.05) is 36.4 Å². The Balaban J connectivity index is 1.51. The zero-order valence-electron chi connectivity index (χ0n) is 20.2. The van der Waals surface area contributed by atoms with Crippen LogP contribution in [0, 0.1) is 0 Å². The molecule has 35 heavy (non-hydrogen) atoms. The molecule has 0 spiro atoms. The first-order valence-electron chi connectivity index (χ1n) is 11.9. The van der Waals surface area contributed by atoms with Crippen molar-refractivity contribution < 1.29 is 22.7 Å². The van der Waals surface area contributed by atoms with Crippen molar-refractivity contribution in [1.29, 1.82) is 0 Å². The summed E-state index contributed by atoms with van der Waals surface area (Å²) in [5.41, 5.74) is 0.556. The second kappa shape index (κ2) is 8.60. The highest BCUT2D eigenvalue weighted by molar-refractivity contribution is 7.90. The summed E-state index contributed by atoms with van der Waals surface area (Å²) >= 11 is 0. The number of pyridine rings is 1. The Kier molecular flexibility index (Phi) is 5.84. The molecule has 1 heterocycles. The van der Waals surface area contributed by atoms with E-state index in [0.717, 1.165) is 23.8 Å². The number of carbonyl (C=O) groups is 1. The van der Waals surface area contributed by atoms with Crippen LogP contribution in [0.25, 0.3) is 10.8 Å². The van der Waals surface area contributed by atoms with Crippen LogP contribution in [0.2, 0.25) is 0 Å². The van der Waals surface area contributed by atoms with Crippen LogP contribution in [0.4, 0.5) is 0 Å². The molecule has 2 aliphatic rings. The number of hydrogen-bond acceptors (Lipinski definition) is 6. The summed E-state index contributed by atoms with van der Waals surface area (Å²) in [6.45, 7) is 4.38. The zero-order valence-corrected chi connectivity index (χ0v) is 21.0. The molecule has 0 unspecified atom stereocenters. The van der Waals surface area contributed by atoms with Gasteiger partial charge in [0, 0.05) is 29.7 Å². The van der Waals surface area contributed by atoms with E-state index in [9.17, 15) is 13.2 Å². The van der Waals surface area contributed by atoms with Gasteiger partial charge in [0.1, 0.15) is 0 Å². The Hall–Kier alpha value is -2.97. The molecule has 184 valence electrons. The molecule has 7 nitrogen and oxygen atoms in total. The van der Waals surface area contributed by atoms with Crippen molar-refractivity contribution in [1.82, 2.24) is 9.71 Å². The van der Waals surface area contributed by atoms with Crippen molar-refractivity contribution in [3.05, 3.63) is 65.9 Å². The van der Waals surface area contributed by atoms with Crippen LogP contribution in [0.5, 0.6) is 5.88 Å². The van der Waals surface area contributed by atoms with E-state index in [4.69, 9.17) is 9.47 Å². The van der Waals surface area contributed by atoms with Gasteiger partial charge in [0.15, 0.2) is 0 Å². The molecule has 2 fully saturated rings. The molecule has 2 aromatic carbocycles. The Morgan fingerprint density at radius 1 is 1.09 bits per heavy atom. The number of fused-ring (bicyclic) bond motifs is 1. The molecule has 2 aliphatic carbocycles. The lowest BCUT2D eigenvalue weighted by molar-refractivity contribution is -0.121. The summed E-state index contributed by atoms with van der Waals surface area (Å²) in [5.74, 6) is -0.165. The summed E-state index contributed by atoms with van der Waals surface area (Å²) in [6, 6.07) is 14.3. The highest BCUT2D eigenvalue weighted by Crippen LogP contribution is 2.54. The van der Waals surface area contributed by atoms with Crippen molar-refractivity contribution in [2.24, 2.45) is 0 Å². The van der Waals surface area contributed by atoms with E-state index in [-0.39, 0.29) is 16.4 Å². The molecule has 3 aromatic rings. The van der Waals surface area contributed by atoms with Gasteiger partial charge >= 0.3 is 0 Å². The Labute approximate surface area is 205 Å². The van der Waals surface area contributed by atoms with Gasteiger partial charge < -0.3 is 9.47 Å². The first kappa shape index (κ1) is 23.8. The molecule has 1 amide bonds. The fraction of sp³-hybridized carbons (Fsp3) is 0.407. The molecule has 5 rings (SSSR count). The van der Waals surface area contributed by atoms with Crippen LogP contribution in [0.1, 0.15) is 50.7 Å². The smallest absolute Gasteiger partial charge is 0.264 e. The number of benzene rings is 2. The lowest BCUT2D eigenvalue weighted by Crippen LogP contribution is -2.39. The number of nitrogens with zero attached hydrogens (tertiary/aromatic N) is 1. The monoisotopic (exact) mass is 494 g/mol. The lowest BCUT2D eigenvalue weighted by atomic mass is 9.90. The van der Waals surface area contributed by atoms with Gasteiger partial charge in [-0.25, -0.2) is 18.1 Å². The highest BCUT2D eigenvalue weighted by Gasteiger charge is 2.55. The number of nitrogens with one attached hydrogen (secondary N) is 1. The van der Waals surface area contributed by atoms with Gasteiger partial charge in [0.2, 0.25) is 11.8 Å². The Bertz CT molecular complexity index is 1390. The Morgan fingerprint density at radius 2 is 1.80 bits per heavy atom. The van der Waals surface area contributed by atoms with E-state index in [0.29, 0.717) is 36.3 Å². The van der Waals surface area contributed by atoms with Gasteiger partial charge in [-0.15, -0.1) is 0 Å². The van der Waals surface area contributed by atoms with Crippen LogP contribution in [-0.4, -0.2) is 39.1 Å². The molecule has 0 saturated heterocycles. The van der Waals surface area contributed by atoms with Crippen molar-refractivity contribution in [2.45, 2.75) is 61.4 Å². The largest absolute Gasteiger partial charge is 0.475 e. The molecule has 0 bridgehead atoms. The number of amides is 1. The molecule has 0 atom stereocenters. The van der Waals surface area contributed by atoms with E-state index < -0.39 is 21.3 Å². The van der Waals surface area contributed by atoms with E-state index in [2.05, 4.69) is 9.71 Å². The fourth-order valence-corrected chi connectivity index (χ4v) is 6.08. The van der Waals surface area contributed by atoms with E-state index in [1.807, 2.05) is 38.1 Å². The normalized spacial score (nSPS) is 17.8. The van der Waals surface area contributed by atoms with Gasteiger partial charge in [0.05, 0.1) is 23.0 Å². The summed E-state index contributed by atoms with van der Waals surface area (Å²) in [5, 5.41) is 1.37. The summed E-state index contributed by atoms with van der Waals surface area (Å²) < 4.78 is 40.5. The molecule has 0 radical (unpaired) electrons. The molecule has 0 aliphatic heterocycles. The SMILES string of the molecule is COCC1(c2cnc(OC(C)C)c(C3(C(=O)NS(=O)(=O)c4cccc5ccccc45)CC3)c2)CC1. The maximum absolute atomic E-state index is 13.6. The molecule has 1 N–H and O–H groups in total. The number of carbonyl (C=O) groups excluding carboxylic acids is 1. The third kappa shape index (κ3) is 4.29. The second-order valence-corrected chi connectivity index (χ2v) is 11.6. The third-order valence-electron chi connectivity index (χ3n) is 7.05. The van der Waals surface area contributed by atoms with Crippen LogP contribution < -0.4 is 9.46 Å². The summed E-state index contributed by atoms with van der Waals surface area (Å²) in [4.78, 5) is 18.3. The number of sulfonamides is 1. The van der Waals surface area contributed by atoms with Crippen LogP contribution in [0.3, 0.4) is 0 Å². The van der Waals surface area contributed by atoms with Crippen molar-refractivity contribution >= 4 is 26.7 Å². The molecule has 2 saturated carbocycles. The summed E-state index contributed by atoms with van der Waals surface area (Å²) in [7, 11) is -2.41. The number of aromatic nitrogens is 1. The summed E-state index contributed by atoms with van der Waals surface area (Å²) in [6.07, 6.45) is 4.69. The van der Waals surface area contributed by atoms with E-state index in [1.165, 1.54) is 6.07 Å². The number of methoxy groups -OCH3 is 1. The van der Waals surface area contributed by atoms with Crippen molar-refractivity contribution in [3.8, 4) is 5.88 Å². The molecule has 1 aromatic heterocycles. The first-order valence-corrected chi connectivity index (χ1v) is 13.4. The van der Waals surface area contributed by atoms with E-state index in [1.54, 1.807) is 31.5 Å². The van der Waals surface area contributed by atoms with Gasteiger partial charge in [0.25, 0.3) is 10.0 Å². The maximum Gasteiger partial charge on any atom is 0.264 e. The maximum atomic E-state index is 13.6. The van der Waals surface area contributed by atoms with Crippen LogP contribution in [0.15, 0.2) is 59.6 Å². The van der Waals surface area contributed by atoms with Crippen molar-refractivity contribution in [2.75, 3.05) is 13.7 Å². The third-order valence-corrected chi connectivity index (χ3v) is 8.44. The predicted molar refractivity (Wildman–Crippen MR) is 133 cm³/mol. The minimum Gasteiger partial charge on any atom is -0.475 e. The van der Waals surface area contributed by atoms with Gasteiger partial charge in [-0.05, 0) is 62.6 Å². The average Bonchev–Trinajstić information content (AvgIpc) is 3.74. The number of ether oxygens (including phenoxy) is 2. The Morgan fingerprint density at radius 3 is 2.46 bits per heavy atom. The lowest BCUT2D eigenvalue weighted by Gasteiger charge is -2.23. The van der Waals surface area contributed by atoms with Crippen LogP contribution in [-0.2, 0) is 30.4 Å². The standard InChI is InChI=1S/C27H30N2O5S/c1-18(2)34-24-22(15-20(16-28-24)26(11-12-26)17-33-3)27(13-14-27)25(30)29-35(31,32)23-10-6-8-19-7-4-5-9-21(19)23/h4-10,15-16,18H,11-14,17H2,1-3H3,(H,29,30). The first-order chi connectivity index (χ1) is 16.7. The predicted octanol–water partition coefficient (Wildman–Crippen LogP) is 4.24. The topological polar surface area (TPSA) is 94.6 Å². The van der Waals surface area contributed by atoms with E-state index >= 15 is 0 Å². The quantitative estimate of drug-likeness (QED) is 0.478. The van der Waals surface area contributed by atoms with Gasteiger partial charge in [-0.2, -0.15) is 0 Å². The molecular weight excluding hydrogens is 464 g/mol. The molecule has 8 heteroatoms. The average molecular weight is 495 g/mol. The molecular formula is C27H30N2O5S. The van der Waals surface area contributed by atoms with Gasteiger partial charge in [-0.3, -0.25) is 4.79 Å². The number of hydrogen-bond donors (Lipinski definition) is 1. The highest BCUT2D eigenvalue weighted by atomic mass is 32.2. The number of rotatable bonds is 9. The second-order valence-electron chi connectivity index (χ2n) is 9.95. The zero-order chi connectivity index (χ0) is 24.8. The minimum atomic E-state index is -4.09. The van der Waals surface area contributed by atoms with Crippen molar-refractivity contribution in [3.63, 3.8) is 0 Å². The minimum absolute atomic E-state index is 0.0855. The fourth-order valence-electron chi connectivity index (χ4n) is 4.79. The van der Waals surface area contributed by atoms with Crippen LogP contribution >= 0.6 is 0 Å².